The molecule has 0 N–H and O–H groups in total. The van der Waals surface area contributed by atoms with Crippen LogP contribution < -0.4 is 0 Å². The molecule has 1 fully saturated rings. The number of methoxy groups -OCH3 is 1. The van der Waals surface area contributed by atoms with Crippen molar-refractivity contribution in [2.24, 2.45) is 0 Å². The third-order valence-corrected chi connectivity index (χ3v) is 3.98. The van der Waals surface area contributed by atoms with E-state index in [0.29, 0.717) is 12.3 Å². The first-order valence-corrected chi connectivity index (χ1v) is 6.68. The van der Waals surface area contributed by atoms with E-state index in [4.69, 9.17) is 0 Å². The monoisotopic (exact) mass is 239 g/mol. The molecule has 88 valence electrons. The highest BCUT2D eigenvalue weighted by molar-refractivity contribution is 7.09. The highest BCUT2D eigenvalue weighted by Crippen LogP contribution is 2.33. The van der Waals surface area contributed by atoms with Gasteiger partial charge in [0.25, 0.3) is 0 Å². The fourth-order valence-electron chi connectivity index (χ4n) is 2.19. The van der Waals surface area contributed by atoms with Crippen molar-refractivity contribution in [1.82, 2.24) is 4.98 Å². The minimum Gasteiger partial charge on any atom is -0.469 e. The normalized spacial score (nSPS) is 17.3. The number of esters is 1. The van der Waals surface area contributed by atoms with Gasteiger partial charge < -0.3 is 4.74 Å². The number of aromatic nitrogens is 1. The molecule has 1 saturated carbocycles. The zero-order valence-corrected chi connectivity index (χ0v) is 10.4. The number of carbonyl (C=O) groups is 1. The molecule has 0 amide bonds. The molecule has 0 spiro atoms. The van der Waals surface area contributed by atoms with E-state index in [1.807, 2.05) is 0 Å². The molecule has 1 aliphatic rings. The van der Waals surface area contributed by atoms with Gasteiger partial charge in [-0.1, -0.05) is 19.3 Å². The first-order chi connectivity index (χ1) is 7.79. The number of rotatable bonds is 3. The number of hydrogen-bond acceptors (Lipinski definition) is 4. The van der Waals surface area contributed by atoms with Gasteiger partial charge in [-0.3, -0.25) is 4.79 Å². The zero-order chi connectivity index (χ0) is 11.4. The lowest BCUT2D eigenvalue weighted by molar-refractivity contribution is -0.139. The molecule has 0 bridgehead atoms. The van der Waals surface area contributed by atoms with E-state index >= 15 is 0 Å². The Kier molecular flexibility index (Phi) is 3.93. The Bertz CT molecular complexity index is 356. The third-order valence-electron chi connectivity index (χ3n) is 3.12. The summed E-state index contributed by atoms with van der Waals surface area (Å²) in [6.07, 6.45) is 6.80. The van der Waals surface area contributed by atoms with Crippen molar-refractivity contribution >= 4 is 17.3 Å². The predicted molar refractivity (Wildman–Crippen MR) is 63.7 cm³/mol. The van der Waals surface area contributed by atoms with E-state index in [9.17, 15) is 4.79 Å². The molecule has 0 atom stereocenters. The summed E-state index contributed by atoms with van der Waals surface area (Å²) in [5.74, 6) is 0.418. The minimum absolute atomic E-state index is 0.204. The lowest BCUT2D eigenvalue weighted by Crippen LogP contribution is -2.07. The van der Waals surface area contributed by atoms with Crippen molar-refractivity contribution in [3.63, 3.8) is 0 Å². The van der Waals surface area contributed by atoms with Crippen molar-refractivity contribution in [3.05, 3.63) is 16.1 Å². The van der Waals surface area contributed by atoms with Crippen molar-refractivity contribution in [2.75, 3.05) is 7.11 Å². The molecule has 0 aliphatic heterocycles. The second-order valence-electron chi connectivity index (χ2n) is 4.25. The average molecular weight is 239 g/mol. The fraction of sp³-hybridized carbons (Fsp3) is 0.667. The Balaban J connectivity index is 1.98. The molecule has 0 aromatic carbocycles. The van der Waals surface area contributed by atoms with E-state index in [2.05, 4.69) is 15.1 Å². The van der Waals surface area contributed by atoms with Crippen LogP contribution in [0.3, 0.4) is 0 Å². The van der Waals surface area contributed by atoms with Gasteiger partial charge in [-0.15, -0.1) is 11.3 Å². The molecule has 1 heterocycles. The Morgan fingerprint density at radius 2 is 2.25 bits per heavy atom. The molecule has 3 nitrogen and oxygen atoms in total. The number of ether oxygens (including phenoxy) is 1. The van der Waals surface area contributed by atoms with Gasteiger partial charge in [0, 0.05) is 11.3 Å². The van der Waals surface area contributed by atoms with Gasteiger partial charge in [0.1, 0.15) is 5.01 Å². The van der Waals surface area contributed by atoms with Crippen LogP contribution in [0, 0.1) is 0 Å². The fourth-order valence-corrected chi connectivity index (χ4v) is 3.05. The van der Waals surface area contributed by atoms with Gasteiger partial charge in [-0.05, 0) is 12.8 Å². The second kappa shape index (κ2) is 5.43. The van der Waals surface area contributed by atoms with Gasteiger partial charge >= 0.3 is 5.97 Å². The van der Waals surface area contributed by atoms with Gasteiger partial charge in [0.05, 0.1) is 19.2 Å². The largest absolute Gasteiger partial charge is 0.469 e. The lowest BCUT2D eigenvalue weighted by atomic mass is 9.87. The maximum absolute atomic E-state index is 11.1. The Morgan fingerprint density at radius 3 is 2.94 bits per heavy atom. The molecule has 1 aromatic heterocycles. The van der Waals surface area contributed by atoms with Crippen LogP contribution in [0.15, 0.2) is 5.38 Å². The summed E-state index contributed by atoms with van der Waals surface area (Å²) >= 11 is 1.57. The Labute approximate surface area is 99.8 Å². The third kappa shape index (κ3) is 2.82. The summed E-state index contributed by atoms with van der Waals surface area (Å²) in [5.41, 5.74) is 1.18. The lowest BCUT2D eigenvalue weighted by Gasteiger charge is -2.19. The van der Waals surface area contributed by atoms with Gasteiger partial charge in [-0.25, -0.2) is 4.98 Å². The van der Waals surface area contributed by atoms with Crippen molar-refractivity contribution < 1.29 is 9.53 Å². The van der Waals surface area contributed by atoms with E-state index in [1.54, 1.807) is 11.3 Å². The molecule has 4 heteroatoms. The van der Waals surface area contributed by atoms with Gasteiger partial charge in [0.2, 0.25) is 0 Å². The summed E-state index contributed by atoms with van der Waals surface area (Å²) in [7, 11) is 1.41. The maximum atomic E-state index is 11.1. The second-order valence-corrected chi connectivity index (χ2v) is 5.20. The summed E-state index contributed by atoms with van der Waals surface area (Å²) in [6, 6.07) is 0. The Morgan fingerprint density at radius 1 is 1.50 bits per heavy atom. The average Bonchev–Trinajstić information content (AvgIpc) is 2.78. The molecular formula is C12H17NO2S. The molecule has 2 rings (SSSR count). The predicted octanol–water partition coefficient (Wildman–Crippen LogP) is 2.91. The van der Waals surface area contributed by atoms with Gasteiger partial charge in [-0.2, -0.15) is 0 Å². The van der Waals surface area contributed by atoms with Crippen LogP contribution in [0.4, 0.5) is 0 Å². The number of nitrogens with zero attached hydrogens (tertiary/aromatic N) is 1. The molecule has 1 aromatic rings. The quantitative estimate of drug-likeness (QED) is 0.761. The standard InChI is InChI=1S/C12H17NO2S/c1-15-12(14)7-11-13-10(8-16-11)9-5-3-2-4-6-9/h8-9H,2-7H2,1H3. The highest BCUT2D eigenvalue weighted by atomic mass is 32.1. The van der Waals surface area contributed by atoms with Crippen LogP contribution in [0.25, 0.3) is 0 Å². The van der Waals surface area contributed by atoms with Crippen LogP contribution in [-0.2, 0) is 16.0 Å². The molecule has 1 aliphatic carbocycles. The van der Waals surface area contributed by atoms with Crippen molar-refractivity contribution in [1.29, 1.82) is 0 Å². The van der Waals surface area contributed by atoms with E-state index < -0.39 is 0 Å². The smallest absolute Gasteiger partial charge is 0.312 e. The minimum atomic E-state index is -0.204. The molecule has 0 unspecified atom stereocenters. The summed E-state index contributed by atoms with van der Waals surface area (Å²) < 4.78 is 4.64. The SMILES string of the molecule is COC(=O)Cc1nc(C2CCCCC2)cs1. The molecular weight excluding hydrogens is 222 g/mol. The van der Waals surface area contributed by atoms with Crippen molar-refractivity contribution in [3.8, 4) is 0 Å². The first-order valence-electron chi connectivity index (χ1n) is 5.80. The van der Waals surface area contributed by atoms with E-state index in [0.717, 1.165) is 5.01 Å². The first kappa shape index (κ1) is 11.6. The number of hydrogen-bond donors (Lipinski definition) is 0. The van der Waals surface area contributed by atoms with Crippen LogP contribution in [0.5, 0.6) is 0 Å². The van der Waals surface area contributed by atoms with Crippen LogP contribution in [-0.4, -0.2) is 18.1 Å². The van der Waals surface area contributed by atoms with Crippen molar-refractivity contribution in [2.45, 2.75) is 44.4 Å². The summed E-state index contributed by atoms with van der Waals surface area (Å²) in [5, 5.41) is 2.99. The number of carbonyl (C=O) groups excluding carboxylic acids is 1. The summed E-state index contributed by atoms with van der Waals surface area (Å²) in [6.45, 7) is 0. The zero-order valence-electron chi connectivity index (χ0n) is 9.57. The summed E-state index contributed by atoms with van der Waals surface area (Å²) in [4.78, 5) is 15.7. The highest BCUT2D eigenvalue weighted by Gasteiger charge is 2.18. The topological polar surface area (TPSA) is 39.2 Å². The van der Waals surface area contributed by atoms with E-state index in [1.165, 1.54) is 44.9 Å². The van der Waals surface area contributed by atoms with Gasteiger partial charge in [0.15, 0.2) is 0 Å². The van der Waals surface area contributed by atoms with Crippen LogP contribution >= 0.6 is 11.3 Å². The molecule has 0 saturated heterocycles. The maximum Gasteiger partial charge on any atom is 0.312 e. The van der Waals surface area contributed by atoms with Crippen LogP contribution in [0.1, 0.15) is 48.7 Å². The number of thiazole rings is 1. The Hall–Kier alpha value is -0.900. The molecule has 16 heavy (non-hydrogen) atoms. The van der Waals surface area contributed by atoms with Crippen LogP contribution in [0.2, 0.25) is 0 Å². The van der Waals surface area contributed by atoms with E-state index in [-0.39, 0.29) is 5.97 Å². The molecule has 0 radical (unpaired) electrons.